The van der Waals surface area contributed by atoms with Crippen LogP contribution in [-0.4, -0.2) is 38.0 Å². The van der Waals surface area contributed by atoms with Crippen molar-refractivity contribution < 1.29 is 4.79 Å². The maximum absolute atomic E-state index is 11.8. The summed E-state index contributed by atoms with van der Waals surface area (Å²) in [4.78, 5) is 19.0. The lowest BCUT2D eigenvalue weighted by Crippen LogP contribution is -2.30. The fourth-order valence-electron chi connectivity index (χ4n) is 1.85. The van der Waals surface area contributed by atoms with Crippen molar-refractivity contribution in [2.75, 3.05) is 18.0 Å². The number of anilines is 1. The second kappa shape index (κ2) is 7.16. The largest absolute Gasteiger partial charge is 0.384 e. The molecule has 4 N–H and O–H groups in total. The molecule has 0 saturated heterocycles. The van der Waals surface area contributed by atoms with E-state index >= 15 is 0 Å². The minimum Gasteiger partial charge on any atom is -0.384 e. The summed E-state index contributed by atoms with van der Waals surface area (Å²) in [5, 5.41) is 7.01. The minimum absolute atomic E-state index is 0.0821. The highest BCUT2D eigenvalue weighted by molar-refractivity contribution is 7.98. The van der Waals surface area contributed by atoms with Crippen LogP contribution in [0.5, 0.6) is 0 Å². The van der Waals surface area contributed by atoms with Gasteiger partial charge in [-0.3, -0.25) is 4.79 Å². The standard InChI is InChI=1S/C13H20N6OS/c1-9-5-12(14)19(18-9)6-13(20)15-3-4-21-7-11-10(2)16-8-17-11/h5,8H,3-4,6-7,14H2,1-2H3,(H,15,20)(H,16,17). The number of carbonyl (C=O) groups excluding carboxylic acids is 1. The first-order chi connectivity index (χ1) is 10.1. The van der Waals surface area contributed by atoms with Crippen molar-refractivity contribution in [2.45, 2.75) is 26.1 Å². The topological polar surface area (TPSA) is 102 Å². The average Bonchev–Trinajstić information content (AvgIpc) is 2.96. The van der Waals surface area contributed by atoms with Gasteiger partial charge in [0, 0.05) is 29.8 Å². The van der Waals surface area contributed by atoms with Gasteiger partial charge < -0.3 is 16.0 Å². The molecule has 114 valence electrons. The molecule has 0 aliphatic carbocycles. The van der Waals surface area contributed by atoms with E-state index in [1.165, 1.54) is 4.68 Å². The van der Waals surface area contributed by atoms with Gasteiger partial charge in [-0.25, -0.2) is 9.67 Å². The van der Waals surface area contributed by atoms with Crippen molar-refractivity contribution in [3.05, 3.63) is 29.5 Å². The van der Waals surface area contributed by atoms with Crippen LogP contribution in [0.2, 0.25) is 0 Å². The van der Waals surface area contributed by atoms with E-state index in [1.54, 1.807) is 24.2 Å². The number of hydrogen-bond donors (Lipinski definition) is 3. The number of aryl methyl sites for hydroxylation is 2. The highest BCUT2D eigenvalue weighted by Crippen LogP contribution is 2.11. The van der Waals surface area contributed by atoms with Crippen LogP contribution in [0.3, 0.4) is 0 Å². The fraction of sp³-hybridized carbons (Fsp3) is 0.462. The number of imidazole rings is 1. The number of nitrogens with one attached hydrogen (secondary N) is 2. The van der Waals surface area contributed by atoms with Gasteiger partial charge in [-0.2, -0.15) is 16.9 Å². The molecule has 0 unspecified atom stereocenters. The molecule has 2 heterocycles. The van der Waals surface area contributed by atoms with Gasteiger partial charge >= 0.3 is 0 Å². The zero-order valence-corrected chi connectivity index (χ0v) is 13.0. The Morgan fingerprint density at radius 3 is 2.95 bits per heavy atom. The normalized spacial score (nSPS) is 10.8. The van der Waals surface area contributed by atoms with Gasteiger partial charge in [0.05, 0.1) is 17.7 Å². The molecule has 2 rings (SSSR count). The molecule has 0 spiro atoms. The van der Waals surface area contributed by atoms with Crippen LogP contribution in [0.15, 0.2) is 12.4 Å². The third-order valence-electron chi connectivity index (χ3n) is 2.97. The number of hydrogen-bond acceptors (Lipinski definition) is 5. The molecule has 0 aliphatic heterocycles. The van der Waals surface area contributed by atoms with Crippen LogP contribution < -0.4 is 11.1 Å². The first-order valence-electron chi connectivity index (χ1n) is 6.69. The summed E-state index contributed by atoms with van der Waals surface area (Å²) in [6, 6.07) is 1.75. The maximum Gasteiger partial charge on any atom is 0.241 e. The number of aromatic amines is 1. The molecule has 0 atom stereocenters. The van der Waals surface area contributed by atoms with Crippen LogP contribution >= 0.6 is 11.8 Å². The molecule has 2 aromatic heterocycles. The molecule has 0 radical (unpaired) electrons. The average molecular weight is 308 g/mol. The van der Waals surface area contributed by atoms with E-state index in [0.717, 1.165) is 28.6 Å². The first-order valence-corrected chi connectivity index (χ1v) is 7.85. The Kier molecular flexibility index (Phi) is 5.26. The number of amides is 1. The molecule has 21 heavy (non-hydrogen) atoms. The number of nitrogens with two attached hydrogens (primary N) is 1. The third kappa shape index (κ3) is 4.52. The van der Waals surface area contributed by atoms with E-state index in [4.69, 9.17) is 5.73 Å². The number of aromatic nitrogens is 4. The highest BCUT2D eigenvalue weighted by atomic mass is 32.2. The Bertz CT molecular complexity index is 606. The van der Waals surface area contributed by atoms with E-state index in [9.17, 15) is 4.79 Å². The number of H-pyrrole nitrogens is 1. The molecule has 7 nitrogen and oxygen atoms in total. The SMILES string of the molecule is Cc1cc(N)n(CC(=O)NCCSCc2nc[nH]c2C)n1. The lowest BCUT2D eigenvalue weighted by atomic mass is 10.4. The van der Waals surface area contributed by atoms with Gasteiger partial charge in [-0.15, -0.1) is 0 Å². The zero-order valence-electron chi connectivity index (χ0n) is 12.2. The number of nitrogen functional groups attached to an aromatic ring is 1. The van der Waals surface area contributed by atoms with Crippen LogP contribution in [0, 0.1) is 13.8 Å². The minimum atomic E-state index is -0.0821. The quantitative estimate of drug-likeness (QED) is 0.658. The number of thioether (sulfide) groups is 1. The monoisotopic (exact) mass is 308 g/mol. The second-order valence-corrected chi connectivity index (χ2v) is 5.85. The fourth-order valence-corrected chi connectivity index (χ4v) is 2.72. The van der Waals surface area contributed by atoms with E-state index < -0.39 is 0 Å². The van der Waals surface area contributed by atoms with Gasteiger partial charge in [0.2, 0.25) is 5.91 Å². The van der Waals surface area contributed by atoms with E-state index in [1.807, 2.05) is 13.8 Å². The summed E-state index contributed by atoms with van der Waals surface area (Å²) in [6.45, 7) is 4.62. The predicted octanol–water partition coefficient (Wildman–Crippen LogP) is 0.855. The first kappa shape index (κ1) is 15.4. The van der Waals surface area contributed by atoms with Gasteiger partial charge in [0.1, 0.15) is 12.4 Å². The van der Waals surface area contributed by atoms with Gasteiger partial charge in [-0.05, 0) is 13.8 Å². The third-order valence-corrected chi connectivity index (χ3v) is 3.94. The lowest BCUT2D eigenvalue weighted by Gasteiger charge is -2.06. The van der Waals surface area contributed by atoms with Crippen molar-refractivity contribution in [2.24, 2.45) is 0 Å². The molecule has 0 aromatic carbocycles. The van der Waals surface area contributed by atoms with E-state index in [2.05, 4.69) is 20.4 Å². The van der Waals surface area contributed by atoms with E-state index in [-0.39, 0.29) is 12.5 Å². The maximum atomic E-state index is 11.8. The van der Waals surface area contributed by atoms with Crippen molar-refractivity contribution >= 4 is 23.5 Å². The van der Waals surface area contributed by atoms with Crippen molar-refractivity contribution in [3.63, 3.8) is 0 Å². The molecular formula is C13H20N6OS. The summed E-state index contributed by atoms with van der Waals surface area (Å²) in [6.07, 6.45) is 1.70. The molecule has 0 saturated carbocycles. The van der Waals surface area contributed by atoms with Gasteiger partial charge in [0.15, 0.2) is 0 Å². The highest BCUT2D eigenvalue weighted by Gasteiger charge is 2.07. The van der Waals surface area contributed by atoms with Crippen LogP contribution in [0.1, 0.15) is 17.1 Å². The van der Waals surface area contributed by atoms with Crippen LogP contribution in [0.25, 0.3) is 0 Å². The molecule has 0 bridgehead atoms. The smallest absolute Gasteiger partial charge is 0.241 e. The zero-order chi connectivity index (χ0) is 15.2. The van der Waals surface area contributed by atoms with Crippen LogP contribution in [0.4, 0.5) is 5.82 Å². The molecule has 8 heteroatoms. The molecule has 0 aliphatic rings. The van der Waals surface area contributed by atoms with E-state index in [0.29, 0.717) is 12.4 Å². The summed E-state index contributed by atoms with van der Waals surface area (Å²) in [5.41, 5.74) is 8.71. The Morgan fingerprint density at radius 2 is 2.33 bits per heavy atom. The van der Waals surface area contributed by atoms with Crippen molar-refractivity contribution in [1.82, 2.24) is 25.1 Å². The summed E-state index contributed by atoms with van der Waals surface area (Å²) < 4.78 is 1.50. The Labute approximate surface area is 127 Å². The molecule has 0 fully saturated rings. The second-order valence-electron chi connectivity index (χ2n) is 4.75. The van der Waals surface area contributed by atoms with Crippen molar-refractivity contribution in [1.29, 1.82) is 0 Å². The number of rotatable bonds is 7. The van der Waals surface area contributed by atoms with Crippen molar-refractivity contribution in [3.8, 4) is 0 Å². The Morgan fingerprint density at radius 1 is 1.52 bits per heavy atom. The molecule has 2 aromatic rings. The van der Waals surface area contributed by atoms with Gasteiger partial charge in [-0.1, -0.05) is 0 Å². The molecular weight excluding hydrogens is 288 g/mol. The van der Waals surface area contributed by atoms with Crippen LogP contribution in [-0.2, 0) is 17.1 Å². The Balaban J connectivity index is 1.63. The summed E-state index contributed by atoms with van der Waals surface area (Å²) in [7, 11) is 0. The Hall–Kier alpha value is -1.96. The van der Waals surface area contributed by atoms with Gasteiger partial charge in [0.25, 0.3) is 0 Å². The number of nitrogens with zero attached hydrogens (tertiary/aromatic N) is 3. The summed E-state index contributed by atoms with van der Waals surface area (Å²) >= 11 is 1.74. The summed E-state index contributed by atoms with van der Waals surface area (Å²) in [5.74, 6) is 2.11. The lowest BCUT2D eigenvalue weighted by molar-refractivity contribution is -0.121. The predicted molar refractivity (Wildman–Crippen MR) is 83.9 cm³/mol. The molecule has 1 amide bonds. The number of carbonyl (C=O) groups is 1.